The molecule has 1 aliphatic rings. The summed E-state index contributed by atoms with van der Waals surface area (Å²) < 4.78 is 13.1. The third kappa shape index (κ3) is 5.02. The third-order valence-corrected chi connectivity index (χ3v) is 5.04. The van der Waals surface area contributed by atoms with Gasteiger partial charge >= 0.3 is 0 Å². The third-order valence-electron chi connectivity index (χ3n) is 5.04. The van der Waals surface area contributed by atoms with Crippen LogP contribution in [0.5, 0.6) is 0 Å². The van der Waals surface area contributed by atoms with E-state index in [9.17, 15) is 9.50 Å². The number of piperidine rings is 1. The van der Waals surface area contributed by atoms with Crippen molar-refractivity contribution in [3.63, 3.8) is 0 Å². The number of anilines is 4. The summed E-state index contributed by atoms with van der Waals surface area (Å²) in [6, 6.07) is 1.41. The molecule has 12 heteroatoms. The van der Waals surface area contributed by atoms with Crippen molar-refractivity contribution in [2.75, 3.05) is 28.7 Å². The highest BCUT2D eigenvalue weighted by molar-refractivity contribution is 5.53. The van der Waals surface area contributed by atoms with E-state index >= 15 is 0 Å². The van der Waals surface area contributed by atoms with Gasteiger partial charge in [0.2, 0.25) is 17.8 Å². The summed E-state index contributed by atoms with van der Waals surface area (Å²) in [5, 5.41) is 23.1. The van der Waals surface area contributed by atoms with Gasteiger partial charge in [-0.05, 0) is 33.1 Å². The fraction of sp³-hybridized carbons (Fsp3) is 0.474. The monoisotopic (exact) mass is 428 g/mol. The van der Waals surface area contributed by atoms with Crippen LogP contribution in [0.3, 0.4) is 0 Å². The lowest BCUT2D eigenvalue weighted by molar-refractivity contribution is 0.239. The second kappa shape index (κ2) is 9.16. The highest BCUT2D eigenvalue weighted by atomic mass is 19.1. The van der Waals surface area contributed by atoms with Crippen LogP contribution in [0, 0.1) is 12.7 Å². The SMILES string of the molecule is Cc1cc(Nc2nc(N[C@@H](C)c3ncc(F)cn3)nc(N3CCCC[C@H]3CO)n2)n[nH]1. The number of nitrogens with one attached hydrogen (secondary N) is 3. The zero-order valence-corrected chi connectivity index (χ0v) is 17.4. The van der Waals surface area contributed by atoms with Crippen molar-refractivity contribution in [2.24, 2.45) is 0 Å². The number of rotatable bonds is 7. The Kier molecular flexibility index (Phi) is 6.16. The van der Waals surface area contributed by atoms with Gasteiger partial charge in [0.15, 0.2) is 11.6 Å². The lowest BCUT2D eigenvalue weighted by atomic mass is 10.0. The summed E-state index contributed by atoms with van der Waals surface area (Å²) in [6.45, 7) is 4.49. The van der Waals surface area contributed by atoms with Crippen LogP contribution in [-0.2, 0) is 0 Å². The van der Waals surface area contributed by atoms with Gasteiger partial charge < -0.3 is 20.6 Å². The Balaban J connectivity index is 1.64. The van der Waals surface area contributed by atoms with Gasteiger partial charge in [-0.1, -0.05) is 0 Å². The number of hydrogen-bond acceptors (Lipinski definition) is 10. The minimum atomic E-state index is -0.501. The number of aromatic nitrogens is 7. The van der Waals surface area contributed by atoms with Crippen LogP contribution in [0.25, 0.3) is 0 Å². The lowest BCUT2D eigenvalue weighted by Crippen LogP contribution is -2.43. The molecular weight excluding hydrogens is 403 g/mol. The zero-order valence-electron chi connectivity index (χ0n) is 17.4. The number of aromatic amines is 1. The van der Waals surface area contributed by atoms with E-state index in [-0.39, 0.29) is 18.7 Å². The first-order valence-electron chi connectivity index (χ1n) is 10.2. The Bertz CT molecular complexity index is 1010. The summed E-state index contributed by atoms with van der Waals surface area (Å²) >= 11 is 0. The molecular formula is C19H25FN10O. The molecule has 0 bridgehead atoms. The minimum Gasteiger partial charge on any atom is -0.394 e. The summed E-state index contributed by atoms with van der Waals surface area (Å²) in [7, 11) is 0. The van der Waals surface area contributed by atoms with Crippen LogP contribution in [0.15, 0.2) is 18.5 Å². The van der Waals surface area contributed by atoms with Crippen molar-refractivity contribution >= 4 is 23.7 Å². The van der Waals surface area contributed by atoms with E-state index < -0.39 is 5.82 Å². The van der Waals surface area contributed by atoms with Crippen molar-refractivity contribution in [3.8, 4) is 0 Å². The number of aryl methyl sites for hydroxylation is 1. The number of H-pyrrole nitrogens is 1. The molecule has 1 aliphatic heterocycles. The molecule has 0 aromatic carbocycles. The van der Waals surface area contributed by atoms with Gasteiger partial charge in [0.05, 0.1) is 31.1 Å². The van der Waals surface area contributed by atoms with E-state index in [0.717, 1.165) is 43.9 Å². The zero-order chi connectivity index (χ0) is 21.8. The molecule has 4 heterocycles. The topological polar surface area (TPSA) is 141 Å². The largest absolute Gasteiger partial charge is 0.394 e. The van der Waals surface area contributed by atoms with Crippen molar-refractivity contribution in [1.29, 1.82) is 0 Å². The maximum absolute atomic E-state index is 13.1. The van der Waals surface area contributed by atoms with Gasteiger partial charge in [-0.15, -0.1) is 0 Å². The van der Waals surface area contributed by atoms with Crippen LogP contribution < -0.4 is 15.5 Å². The number of halogens is 1. The Morgan fingerprint density at radius 1 is 1.23 bits per heavy atom. The second-order valence-electron chi connectivity index (χ2n) is 7.49. The number of hydrogen-bond donors (Lipinski definition) is 4. The first-order chi connectivity index (χ1) is 15.0. The van der Waals surface area contributed by atoms with Crippen LogP contribution in [0.1, 0.15) is 43.7 Å². The van der Waals surface area contributed by atoms with E-state index in [1.165, 1.54) is 0 Å². The van der Waals surface area contributed by atoms with Gasteiger partial charge in [0.1, 0.15) is 5.82 Å². The van der Waals surface area contributed by atoms with Crippen molar-refractivity contribution in [2.45, 2.75) is 45.2 Å². The van der Waals surface area contributed by atoms with Crippen molar-refractivity contribution in [3.05, 3.63) is 35.8 Å². The molecule has 1 fully saturated rings. The summed E-state index contributed by atoms with van der Waals surface area (Å²) in [5.41, 5.74) is 0.897. The first kappa shape index (κ1) is 20.8. The van der Waals surface area contributed by atoms with Crippen LogP contribution >= 0.6 is 0 Å². The fourth-order valence-corrected chi connectivity index (χ4v) is 3.47. The molecule has 31 heavy (non-hydrogen) atoms. The summed E-state index contributed by atoms with van der Waals surface area (Å²) in [4.78, 5) is 23.6. The molecule has 0 amide bonds. The maximum atomic E-state index is 13.1. The highest BCUT2D eigenvalue weighted by Crippen LogP contribution is 2.25. The average molecular weight is 428 g/mol. The molecule has 4 rings (SSSR count). The number of aliphatic hydroxyl groups excluding tert-OH is 1. The molecule has 2 atom stereocenters. The molecule has 0 unspecified atom stereocenters. The molecule has 3 aromatic rings. The molecule has 3 aromatic heterocycles. The van der Waals surface area contributed by atoms with E-state index in [1.54, 1.807) is 0 Å². The molecule has 0 spiro atoms. The Morgan fingerprint density at radius 2 is 2.00 bits per heavy atom. The Morgan fingerprint density at radius 3 is 2.71 bits per heavy atom. The van der Waals surface area contributed by atoms with Gasteiger partial charge in [-0.3, -0.25) is 5.10 Å². The smallest absolute Gasteiger partial charge is 0.235 e. The van der Waals surface area contributed by atoms with Crippen LogP contribution in [-0.4, -0.2) is 59.4 Å². The van der Waals surface area contributed by atoms with Crippen molar-refractivity contribution in [1.82, 2.24) is 35.1 Å². The average Bonchev–Trinajstić information content (AvgIpc) is 3.18. The predicted octanol–water partition coefficient (Wildman–Crippen LogP) is 2.10. The molecule has 11 nitrogen and oxygen atoms in total. The summed E-state index contributed by atoms with van der Waals surface area (Å²) in [5.74, 6) is 1.56. The standard InChI is InChI=1S/C19H25FN10O/c1-11-7-15(29-28-11)24-18-25-17(23-12(2)16-21-8-13(20)9-22-16)26-19(27-18)30-6-4-3-5-14(30)10-31/h7-9,12,14,31H,3-6,10H2,1-2H3,(H3,23,24,25,26,27,28,29)/t12-,14-/m0/s1. The van der Waals surface area contributed by atoms with E-state index in [1.807, 2.05) is 24.8 Å². The fourth-order valence-electron chi connectivity index (χ4n) is 3.47. The Hall–Kier alpha value is -3.41. The van der Waals surface area contributed by atoms with Crippen LogP contribution in [0.4, 0.5) is 28.1 Å². The number of nitrogens with zero attached hydrogens (tertiary/aromatic N) is 7. The number of aliphatic hydroxyl groups is 1. The second-order valence-corrected chi connectivity index (χ2v) is 7.49. The van der Waals surface area contributed by atoms with Gasteiger partial charge in [-0.2, -0.15) is 20.1 Å². The van der Waals surface area contributed by atoms with Gasteiger partial charge in [-0.25, -0.2) is 14.4 Å². The molecule has 0 saturated carbocycles. The van der Waals surface area contributed by atoms with Crippen molar-refractivity contribution < 1.29 is 9.50 Å². The van der Waals surface area contributed by atoms with E-state index in [4.69, 9.17) is 0 Å². The lowest BCUT2D eigenvalue weighted by Gasteiger charge is -2.34. The summed E-state index contributed by atoms with van der Waals surface area (Å²) in [6.07, 6.45) is 5.14. The van der Waals surface area contributed by atoms with E-state index in [0.29, 0.717) is 29.5 Å². The molecule has 4 N–H and O–H groups in total. The molecule has 1 saturated heterocycles. The van der Waals surface area contributed by atoms with E-state index in [2.05, 4.69) is 45.8 Å². The normalized spacial score (nSPS) is 17.4. The molecule has 164 valence electrons. The Labute approximate surface area is 178 Å². The molecule has 0 aliphatic carbocycles. The highest BCUT2D eigenvalue weighted by Gasteiger charge is 2.25. The predicted molar refractivity (Wildman–Crippen MR) is 113 cm³/mol. The van der Waals surface area contributed by atoms with Gasteiger partial charge in [0.25, 0.3) is 0 Å². The van der Waals surface area contributed by atoms with Crippen LogP contribution in [0.2, 0.25) is 0 Å². The minimum absolute atomic E-state index is 0.0234. The quantitative estimate of drug-likeness (QED) is 0.442. The molecule has 0 radical (unpaired) electrons. The van der Waals surface area contributed by atoms with Gasteiger partial charge in [0, 0.05) is 18.3 Å². The first-order valence-corrected chi connectivity index (χ1v) is 10.2. The maximum Gasteiger partial charge on any atom is 0.235 e.